The molecule has 0 aliphatic carbocycles. The minimum absolute atomic E-state index is 0.136. The maximum Gasteiger partial charge on any atom is 0.165 e. The normalized spacial score (nSPS) is 18.7. The molecule has 3 nitrogen and oxygen atoms in total. The maximum absolute atomic E-state index is 6.12. The second kappa shape index (κ2) is 7.49. The molecule has 1 aliphatic heterocycles. The Morgan fingerprint density at radius 2 is 1.76 bits per heavy atom. The van der Waals surface area contributed by atoms with Crippen LogP contribution in [0.2, 0.25) is 0 Å². The lowest BCUT2D eigenvalue weighted by molar-refractivity contribution is 0.128. The minimum Gasteiger partial charge on any atom is -0.493 e. The number of hydrogen-bond acceptors (Lipinski definition) is 3. The van der Waals surface area contributed by atoms with E-state index in [1.165, 1.54) is 16.7 Å². The molecule has 1 unspecified atom stereocenters. The molecule has 1 aliphatic rings. The van der Waals surface area contributed by atoms with Gasteiger partial charge in [-0.05, 0) is 51.3 Å². The van der Waals surface area contributed by atoms with E-state index in [0.29, 0.717) is 12.1 Å². The van der Waals surface area contributed by atoms with Crippen LogP contribution in [-0.4, -0.2) is 24.2 Å². The zero-order valence-electron chi connectivity index (χ0n) is 16.0. The maximum atomic E-state index is 6.12. The fraction of sp³-hybridized carbons (Fsp3) is 0.455. The van der Waals surface area contributed by atoms with Crippen LogP contribution in [0, 0.1) is 0 Å². The van der Waals surface area contributed by atoms with Crippen LogP contribution in [0.25, 0.3) is 0 Å². The smallest absolute Gasteiger partial charge is 0.165 e. The summed E-state index contributed by atoms with van der Waals surface area (Å²) in [5.74, 6) is 1.76. The summed E-state index contributed by atoms with van der Waals surface area (Å²) in [5.41, 5.74) is 4.01. The van der Waals surface area contributed by atoms with Gasteiger partial charge in [0.1, 0.15) is 0 Å². The van der Waals surface area contributed by atoms with Gasteiger partial charge in [0.25, 0.3) is 0 Å². The van der Waals surface area contributed by atoms with E-state index in [9.17, 15) is 0 Å². The Kier molecular flexibility index (Phi) is 5.33. The predicted octanol–water partition coefficient (Wildman–Crippen LogP) is 4.99. The van der Waals surface area contributed by atoms with E-state index in [2.05, 4.69) is 69.0 Å². The van der Waals surface area contributed by atoms with Gasteiger partial charge in [-0.25, -0.2) is 0 Å². The first-order valence-corrected chi connectivity index (χ1v) is 9.17. The zero-order chi connectivity index (χ0) is 18.0. The highest BCUT2D eigenvalue weighted by atomic mass is 16.5. The van der Waals surface area contributed by atoms with Gasteiger partial charge in [-0.2, -0.15) is 0 Å². The third-order valence-electron chi connectivity index (χ3n) is 5.09. The lowest BCUT2D eigenvalue weighted by Crippen LogP contribution is -2.40. The topological polar surface area (TPSA) is 21.7 Å². The Bertz CT molecular complexity index is 711. The van der Waals surface area contributed by atoms with E-state index in [1.807, 2.05) is 6.07 Å². The lowest BCUT2D eigenvalue weighted by atomic mass is 9.91. The van der Waals surface area contributed by atoms with Crippen LogP contribution in [0.3, 0.4) is 0 Å². The van der Waals surface area contributed by atoms with Gasteiger partial charge in [0, 0.05) is 24.2 Å². The molecule has 0 spiro atoms. The summed E-state index contributed by atoms with van der Waals surface area (Å²) >= 11 is 0. The molecule has 0 radical (unpaired) electrons. The number of benzene rings is 2. The standard InChI is InChI=1S/C22H29NO2/c1-15(2)25-22-20-13-16(3)23(14-19(20)11-12-21(22)24-5)17(4)18-9-7-6-8-10-18/h6-12,15-17H,13-14H2,1-5H3/t16?,17-/m0/s1. The molecular weight excluding hydrogens is 310 g/mol. The van der Waals surface area contributed by atoms with Gasteiger partial charge in [0.05, 0.1) is 13.2 Å². The summed E-state index contributed by atoms with van der Waals surface area (Å²) in [6.45, 7) is 9.67. The minimum atomic E-state index is 0.136. The summed E-state index contributed by atoms with van der Waals surface area (Å²) in [6.07, 6.45) is 1.11. The second-order valence-electron chi connectivity index (χ2n) is 7.21. The number of methoxy groups -OCH3 is 1. The van der Waals surface area contributed by atoms with Gasteiger partial charge in [-0.1, -0.05) is 36.4 Å². The molecule has 2 aromatic carbocycles. The van der Waals surface area contributed by atoms with Crippen LogP contribution in [0.4, 0.5) is 0 Å². The molecule has 0 bridgehead atoms. The molecule has 2 atom stereocenters. The Morgan fingerprint density at radius 1 is 1.04 bits per heavy atom. The molecule has 1 heterocycles. The Balaban J connectivity index is 1.93. The summed E-state index contributed by atoms with van der Waals surface area (Å²) < 4.78 is 11.7. The molecule has 0 amide bonds. The van der Waals surface area contributed by atoms with Crippen LogP contribution in [0.5, 0.6) is 11.5 Å². The SMILES string of the molecule is COc1ccc2c(c1OC(C)C)CC(C)N([C@@H](C)c1ccccc1)C2. The van der Waals surface area contributed by atoms with E-state index >= 15 is 0 Å². The molecule has 2 aromatic rings. The van der Waals surface area contributed by atoms with E-state index < -0.39 is 0 Å². The van der Waals surface area contributed by atoms with E-state index in [0.717, 1.165) is 24.5 Å². The highest BCUT2D eigenvalue weighted by Gasteiger charge is 2.30. The first-order chi connectivity index (χ1) is 12.0. The van der Waals surface area contributed by atoms with Crippen LogP contribution in [0.1, 0.15) is 50.4 Å². The Labute approximate surface area is 151 Å². The molecule has 0 aromatic heterocycles. The monoisotopic (exact) mass is 339 g/mol. The van der Waals surface area contributed by atoms with Gasteiger partial charge in [0.15, 0.2) is 11.5 Å². The fourth-order valence-electron chi connectivity index (χ4n) is 3.75. The van der Waals surface area contributed by atoms with Crippen LogP contribution in [0.15, 0.2) is 42.5 Å². The molecule has 0 fully saturated rings. The Hall–Kier alpha value is -2.00. The highest BCUT2D eigenvalue weighted by molar-refractivity contribution is 5.52. The van der Waals surface area contributed by atoms with Crippen LogP contribution >= 0.6 is 0 Å². The van der Waals surface area contributed by atoms with E-state index in [1.54, 1.807) is 7.11 Å². The average molecular weight is 339 g/mol. The Morgan fingerprint density at radius 3 is 2.40 bits per heavy atom. The number of rotatable bonds is 5. The van der Waals surface area contributed by atoms with Crippen molar-refractivity contribution in [1.29, 1.82) is 0 Å². The van der Waals surface area contributed by atoms with E-state index in [-0.39, 0.29) is 6.10 Å². The first kappa shape index (κ1) is 17.8. The quantitative estimate of drug-likeness (QED) is 0.766. The van der Waals surface area contributed by atoms with Crippen molar-refractivity contribution in [3.8, 4) is 11.5 Å². The number of ether oxygens (including phenoxy) is 2. The van der Waals surface area contributed by atoms with Crippen molar-refractivity contribution in [3.05, 3.63) is 59.2 Å². The van der Waals surface area contributed by atoms with Crippen molar-refractivity contribution < 1.29 is 9.47 Å². The molecular formula is C22H29NO2. The number of nitrogens with zero attached hydrogens (tertiary/aromatic N) is 1. The van der Waals surface area contributed by atoms with Gasteiger partial charge < -0.3 is 9.47 Å². The predicted molar refractivity (Wildman–Crippen MR) is 102 cm³/mol. The molecule has 0 N–H and O–H groups in total. The number of fused-ring (bicyclic) bond motifs is 1. The summed E-state index contributed by atoms with van der Waals surface area (Å²) in [6, 6.07) is 15.8. The largest absolute Gasteiger partial charge is 0.493 e. The third kappa shape index (κ3) is 3.67. The summed E-state index contributed by atoms with van der Waals surface area (Å²) in [4.78, 5) is 2.57. The van der Waals surface area contributed by atoms with Crippen molar-refractivity contribution in [1.82, 2.24) is 4.90 Å². The number of hydrogen-bond donors (Lipinski definition) is 0. The van der Waals surface area contributed by atoms with Crippen molar-refractivity contribution in [2.45, 2.75) is 58.8 Å². The molecule has 3 heteroatoms. The first-order valence-electron chi connectivity index (χ1n) is 9.17. The average Bonchev–Trinajstić information content (AvgIpc) is 2.61. The van der Waals surface area contributed by atoms with E-state index in [4.69, 9.17) is 9.47 Å². The van der Waals surface area contributed by atoms with Crippen LogP contribution in [-0.2, 0) is 13.0 Å². The lowest BCUT2D eigenvalue weighted by Gasteiger charge is -2.40. The molecule has 25 heavy (non-hydrogen) atoms. The zero-order valence-corrected chi connectivity index (χ0v) is 16.0. The fourth-order valence-corrected chi connectivity index (χ4v) is 3.75. The van der Waals surface area contributed by atoms with Crippen molar-refractivity contribution in [2.24, 2.45) is 0 Å². The highest BCUT2D eigenvalue weighted by Crippen LogP contribution is 2.40. The van der Waals surface area contributed by atoms with Gasteiger partial charge in [0.2, 0.25) is 0 Å². The van der Waals surface area contributed by atoms with Crippen molar-refractivity contribution >= 4 is 0 Å². The van der Waals surface area contributed by atoms with Gasteiger partial charge >= 0.3 is 0 Å². The van der Waals surface area contributed by atoms with Gasteiger partial charge in [-0.15, -0.1) is 0 Å². The van der Waals surface area contributed by atoms with Crippen molar-refractivity contribution in [3.63, 3.8) is 0 Å². The second-order valence-corrected chi connectivity index (χ2v) is 7.21. The van der Waals surface area contributed by atoms with Crippen molar-refractivity contribution in [2.75, 3.05) is 7.11 Å². The van der Waals surface area contributed by atoms with Gasteiger partial charge in [-0.3, -0.25) is 4.90 Å². The van der Waals surface area contributed by atoms with Crippen LogP contribution < -0.4 is 9.47 Å². The summed E-state index contributed by atoms with van der Waals surface area (Å²) in [5, 5.41) is 0. The molecule has 134 valence electrons. The molecule has 0 saturated heterocycles. The summed E-state index contributed by atoms with van der Waals surface area (Å²) in [7, 11) is 1.71. The molecule has 3 rings (SSSR count). The third-order valence-corrected chi connectivity index (χ3v) is 5.09. The molecule has 0 saturated carbocycles.